The van der Waals surface area contributed by atoms with Crippen LogP contribution in [0.15, 0.2) is 48.2 Å². The third-order valence-corrected chi connectivity index (χ3v) is 4.17. The van der Waals surface area contributed by atoms with Gasteiger partial charge in [0.25, 0.3) is 5.91 Å². The molecule has 0 aliphatic heterocycles. The van der Waals surface area contributed by atoms with Crippen molar-refractivity contribution in [1.82, 2.24) is 9.97 Å². The largest absolute Gasteiger partial charge is 0.503 e. The molecule has 27 heavy (non-hydrogen) atoms. The number of H-pyrrole nitrogens is 1. The SMILES string of the molecule is NC(=O)C(O)=Cc1ccccc1NCc1nc2ccc(CCCO)cc2[nH]1. The van der Waals surface area contributed by atoms with Gasteiger partial charge in [-0.1, -0.05) is 24.3 Å². The number of nitrogens with two attached hydrogens (primary N) is 1. The van der Waals surface area contributed by atoms with Crippen LogP contribution < -0.4 is 11.1 Å². The van der Waals surface area contributed by atoms with E-state index >= 15 is 0 Å². The normalized spacial score (nSPS) is 11.7. The van der Waals surface area contributed by atoms with Crippen molar-refractivity contribution in [3.05, 3.63) is 65.2 Å². The monoisotopic (exact) mass is 366 g/mol. The Hall–Kier alpha value is -3.32. The highest BCUT2D eigenvalue weighted by Crippen LogP contribution is 2.20. The third kappa shape index (κ3) is 4.65. The van der Waals surface area contributed by atoms with Crippen LogP contribution in [0.5, 0.6) is 0 Å². The highest BCUT2D eigenvalue weighted by molar-refractivity contribution is 5.94. The van der Waals surface area contributed by atoms with Crippen LogP contribution in [0.2, 0.25) is 0 Å². The summed E-state index contributed by atoms with van der Waals surface area (Å²) in [5.41, 5.74) is 9.44. The number of aliphatic hydroxyl groups is 2. The first-order valence-corrected chi connectivity index (χ1v) is 8.68. The fourth-order valence-electron chi connectivity index (χ4n) is 2.81. The van der Waals surface area contributed by atoms with Gasteiger partial charge in [-0.15, -0.1) is 0 Å². The number of carbonyl (C=O) groups excluding carboxylic acids is 1. The van der Waals surface area contributed by atoms with Gasteiger partial charge in [0, 0.05) is 17.9 Å². The minimum Gasteiger partial charge on any atom is -0.503 e. The van der Waals surface area contributed by atoms with Gasteiger partial charge >= 0.3 is 0 Å². The first-order chi connectivity index (χ1) is 13.1. The number of fused-ring (bicyclic) bond motifs is 1. The molecular formula is C20H22N4O3. The Morgan fingerprint density at radius 3 is 2.85 bits per heavy atom. The number of carbonyl (C=O) groups is 1. The van der Waals surface area contributed by atoms with Gasteiger partial charge < -0.3 is 26.2 Å². The van der Waals surface area contributed by atoms with E-state index in [-0.39, 0.29) is 6.61 Å². The van der Waals surface area contributed by atoms with Crippen LogP contribution in [0.25, 0.3) is 17.1 Å². The van der Waals surface area contributed by atoms with E-state index in [4.69, 9.17) is 10.8 Å². The Morgan fingerprint density at radius 1 is 1.26 bits per heavy atom. The number of aryl methyl sites for hydroxylation is 1. The first-order valence-electron chi connectivity index (χ1n) is 8.68. The summed E-state index contributed by atoms with van der Waals surface area (Å²) in [6.07, 6.45) is 2.88. The highest BCUT2D eigenvalue weighted by Gasteiger charge is 2.07. The fraction of sp³-hybridized carbons (Fsp3) is 0.200. The number of rotatable bonds is 8. The zero-order chi connectivity index (χ0) is 19.2. The molecule has 0 radical (unpaired) electrons. The summed E-state index contributed by atoms with van der Waals surface area (Å²) in [6, 6.07) is 13.3. The van der Waals surface area contributed by atoms with Gasteiger partial charge in [-0.2, -0.15) is 0 Å². The fourth-order valence-corrected chi connectivity index (χ4v) is 2.81. The predicted octanol–water partition coefficient (Wildman–Crippen LogP) is 2.48. The number of aromatic nitrogens is 2. The van der Waals surface area contributed by atoms with Crippen molar-refractivity contribution in [1.29, 1.82) is 0 Å². The van der Waals surface area contributed by atoms with Crippen molar-refractivity contribution < 1.29 is 15.0 Å². The van der Waals surface area contributed by atoms with Gasteiger partial charge in [0.2, 0.25) is 0 Å². The van der Waals surface area contributed by atoms with E-state index in [1.165, 1.54) is 6.08 Å². The van der Waals surface area contributed by atoms with Crippen molar-refractivity contribution in [2.75, 3.05) is 11.9 Å². The summed E-state index contributed by atoms with van der Waals surface area (Å²) in [6.45, 7) is 0.623. The van der Waals surface area contributed by atoms with Crippen molar-refractivity contribution in [3.8, 4) is 0 Å². The number of aliphatic hydroxyl groups excluding tert-OH is 2. The molecule has 0 saturated heterocycles. The number of hydrogen-bond acceptors (Lipinski definition) is 5. The van der Waals surface area contributed by atoms with Crippen LogP contribution >= 0.6 is 0 Å². The summed E-state index contributed by atoms with van der Waals surface area (Å²) in [5.74, 6) is -0.607. The lowest BCUT2D eigenvalue weighted by molar-refractivity contribution is -0.116. The molecule has 0 atom stereocenters. The lowest BCUT2D eigenvalue weighted by atomic mass is 10.1. The number of anilines is 1. The molecule has 7 heteroatoms. The molecule has 1 amide bonds. The van der Waals surface area contributed by atoms with Gasteiger partial charge in [-0.25, -0.2) is 4.98 Å². The minimum absolute atomic E-state index is 0.176. The molecule has 3 aromatic rings. The first kappa shape index (κ1) is 18.5. The number of hydrogen-bond donors (Lipinski definition) is 5. The van der Waals surface area contributed by atoms with E-state index in [0.29, 0.717) is 12.1 Å². The standard InChI is InChI=1S/C20H22N4O3/c21-20(27)18(26)11-14-5-1-2-6-15(14)22-12-19-23-16-8-7-13(4-3-9-25)10-17(16)24-19/h1-2,5-8,10-11,22,25-26H,3-4,9,12H2,(H2,21,27)(H,23,24). The Bertz CT molecular complexity index is 978. The Balaban J connectivity index is 1.75. The molecular weight excluding hydrogens is 344 g/mol. The van der Waals surface area contributed by atoms with Gasteiger partial charge in [0.1, 0.15) is 5.82 Å². The molecule has 0 bridgehead atoms. The van der Waals surface area contributed by atoms with Crippen molar-refractivity contribution in [3.63, 3.8) is 0 Å². The molecule has 1 heterocycles. The molecule has 0 fully saturated rings. The topological polar surface area (TPSA) is 124 Å². The van der Waals surface area contributed by atoms with Crippen molar-refractivity contribution >= 4 is 28.7 Å². The maximum absolute atomic E-state index is 11.0. The van der Waals surface area contributed by atoms with E-state index < -0.39 is 11.7 Å². The zero-order valence-electron chi connectivity index (χ0n) is 14.8. The molecule has 7 nitrogen and oxygen atoms in total. The quantitative estimate of drug-likeness (QED) is 0.309. The third-order valence-electron chi connectivity index (χ3n) is 4.17. The van der Waals surface area contributed by atoms with Crippen LogP contribution in [-0.4, -0.2) is 32.7 Å². The highest BCUT2D eigenvalue weighted by atomic mass is 16.3. The number of amides is 1. The molecule has 0 saturated carbocycles. The molecule has 3 rings (SSSR count). The maximum atomic E-state index is 11.0. The molecule has 0 aliphatic carbocycles. The minimum atomic E-state index is -0.876. The van der Waals surface area contributed by atoms with E-state index in [0.717, 1.165) is 41.0 Å². The summed E-state index contributed by atoms with van der Waals surface area (Å²) in [5, 5.41) is 21.8. The second kappa shape index (κ2) is 8.37. The Labute approximate surface area is 156 Å². The lowest BCUT2D eigenvalue weighted by Gasteiger charge is -2.08. The van der Waals surface area contributed by atoms with Crippen molar-refractivity contribution in [2.24, 2.45) is 5.73 Å². The van der Waals surface area contributed by atoms with Crippen LogP contribution in [-0.2, 0) is 17.8 Å². The number of aromatic amines is 1. The Morgan fingerprint density at radius 2 is 2.07 bits per heavy atom. The molecule has 2 aromatic carbocycles. The zero-order valence-corrected chi connectivity index (χ0v) is 14.8. The van der Waals surface area contributed by atoms with Crippen LogP contribution in [0, 0.1) is 0 Å². The maximum Gasteiger partial charge on any atom is 0.283 e. The number of nitrogens with zero attached hydrogens (tertiary/aromatic N) is 1. The second-order valence-electron chi connectivity index (χ2n) is 6.20. The Kier molecular flexibility index (Phi) is 5.73. The van der Waals surface area contributed by atoms with Crippen LogP contribution in [0.3, 0.4) is 0 Å². The summed E-state index contributed by atoms with van der Waals surface area (Å²) in [4.78, 5) is 18.9. The number of primary amides is 1. The average Bonchev–Trinajstić information content (AvgIpc) is 3.07. The van der Waals surface area contributed by atoms with E-state index in [1.54, 1.807) is 12.1 Å². The summed E-state index contributed by atoms with van der Waals surface area (Å²) >= 11 is 0. The van der Waals surface area contributed by atoms with Crippen LogP contribution in [0.4, 0.5) is 5.69 Å². The van der Waals surface area contributed by atoms with E-state index in [2.05, 4.69) is 15.3 Å². The molecule has 1 aromatic heterocycles. The number of benzene rings is 2. The molecule has 6 N–H and O–H groups in total. The predicted molar refractivity (Wildman–Crippen MR) is 105 cm³/mol. The molecule has 0 spiro atoms. The molecule has 140 valence electrons. The van der Waals surface area contributed by atoms with Gasteiger partial charge in [0.15, 0.2) is 5.76 Å². The summed E-state index contributed by atoms with van der Waals surface area (Å²) in [7, 11) is 0. The van der Waals surface area contributed by atoms with E-state index in [1.807, 2.05) is 30.3 Å². The molecule has 0 aliphatic rings. The van der Waals surface area contributed by atoms with Gasteiger partial charge in [-0.3, -0.25) is 4.79 Å². The van der Waals surface area contributed by atoms with Crippen LogP contribution in [0.1, 0.15) is 23.4 Å². The average molecular weight is 366 g/mol. The van der Waals surface area contributed by atoms with Gasteiger partial charge in [-0.05, 0) is 42.7 Å². The summed E-state index contributed by atoms with van der Waals surface area (Å²) < 4.78 is 0. The smallest absolute Gasteiger partial charge is 0.283 e. The number of nitrogens with one attached hydrogen (secondary N) is 2. The van der Waals surface area contributed by atoms with E-state index in [9.17, 15) is 9.90 Å². The van der Waals surface area contributed by atoms with Gasteiger partial charge in [0.05, 0.1) is 17.6 Å². The lowest BCUT2D eigenvalue weighted by Crippen LogP contribution is -2.13. The number of para-hydroxylation sites is 1. The molecule has 0 unspecified atom stereocenters. The number of imidazole rings is 1. The van der Waals surface area contributed by atoms with Crippen molar-refractivity contribution in [2.45, 2.75) is 19.4 Å². The second-order valence-corrected chi connectivity index (χ2v) is 6.20.